The number of piperidine rings is 1. The average molecular weight is 282 g/mol. The molecule has 6 nitrogen and oxygen atoms in total. The van der Waals surface area contributed by atoms with Gasteiger partial charge in [0.1, 0.15) is 6.04 Å². The number of hydrogen-bond acceptors (Lipinski definition) is 4. The van der Waals surface area contributed by atoms with Crippen molar-refractivity contribution >= 4 is 11.8 Å². The van der Waals surface area contributed by atoms with Gasteiger partial charge in [0, 0.05) is 25.7 Å². The van der Waals surface area contributed by atoms with Crippen molar-refractivity contribution in [2.45, 2.75) is 38.8 Å². The van der Waals surface area contributed by atoms with Crippen molar-refractivity contribution in [2.75, 3.05) is 39.3 Å². The van der Waals surface area contributed by atoms with Gasteiger partial charge in [0.05, 0.1) is 6.54 Å². The van der Waals surface area contributed by atoms with Crippen LogP contribution in [0.5, 0.6) is 0 Å². The molecule has 2 heterocycles. The molecule has 2 N–H and O–H groups in total. The Labute approximate surface area is 120 Å². The number of likely N-dealkylation sites (N-methyl/N-ethyl adjacent to an activating group) is 1. The first kappa shape index (κ1) is 15.3. The van der Waals surface area contributed by atoms with Gasteiger partial charge in [-0.1, -0.05) is 0 Å². The Hall–Kier alpha value is -1.14. The molecular formula is C14H26N4O2. The summed E-state index contributed by atoms with van der Waals surface area (Å²) >= 11 is 0. The second-order valence-corrected chi connectivity index (χ2v) is 5.54. The summed E-state index contributed by atoms with van der Waals surface area (Å²) < 4.78 is 0. The first-order valence-corrected chi connectivity index (χ1v) is 7.68. The molecule has 2 fully saturated rings. The van der Waals surface area contributed by atoms with Crippen LogP contribution in [0.1, 0.15) is 26.7 Å². The van der Waals surface area contributed by atoms with Gasteiger partial charge in [-0.2, -0.15) is 0 Å². The van der Waals surface area contributed by atoms with Gasteiger partial charge in [-0.05, 0) is 39.8 Å². The molecule has 2 rings (SSSR count). The number of piperazine rings is 1. The van der Waals surface area contributed by atoms with Crippen LogP contribution in [0.15, 0.2) is 0 Å². The molecule has 0 aliphatic carbocycles. The molecule has 0 bridgehead atoms. The molecule has 2 saturated heterocycles. The highest BCUT2D eigenvalue weighted by Crippen LogP contribution is 2.15. The molecule has 0 aromatic heterocycles. The van der Waals surface area contributed by atoms with E-state index >= 15 is 0 Å². The number of nitrogens with zero attached hydrogens (tertiary/aromatic N) is 2. The van der Waals surface area contributed by atoms with E-state index in [0.717, 1.165) is 25.9 Å². The summed E-state index contributed by atoms with van der Waals surface area (Å²) in [5, 5.41) is 6.18. The third kappa shape index (κ3) is 3.49. The van der Waals surface area contributed by atoms with Gasteiger partial charge >= 0.3 is 0 Å². The van der Waals surface area contributed by atoms with Crippen LogP contribution < -0.4 is 10.6 Å². The summed E-state index contributed by atoms with van der Waals surface area (Å²) in [4.78, 5) is 28.3. The SMILES string of the molecule is CCN(CC)C(=O)C1CN(C2CCNCC2)CC(=O)N1. The molecule has 20 heavy (non-hydrogen) atoms. The topological polar surface area (TPSA) is 64.7 Å². The molecular weight excluding hydrogens is 256 g/mol. The van der Waals surface area contributed by atoms with E-state index in [1.165, 1.54) is 0 Å². The Bertz CT molecular complexity index is 351. The van der Waals surface area contributed by atoms with E-state index in [4.69, 9.17) is 0 Å². The first-order valence-electron chi connectivity index (χ1n) is 7.68. The van der Waals surface area contributed by atoms with Crippen molar-refractivity contribution in [3.05, 3.63) is 0 Å². The fraction of sp³-hybridized carbons (Fsp3) is 0.857. The van der Waals surface area contributed by atoms with Crippen molar-refractivity contribution in [1.82, 2.24) is 20.4 Å². The van der Waals surface area contributed by atoms with Crippen LogP contribution in [0.4, 0.5) is 0 Å². The smallest absolute Gasteiger partial charge is 0.246 e. The van der Waals surface area contributed by atoms with Gasteiger partial charge in [-0.25, -0.2) is 0 Å². The average Bonchev–Trinajstić information content (AvgIpc) is 2.48. The first-order chi connectivity index (χ1) is 9.65. The molecule has 2 amide bonds. The second-order valence-electron chi connectivity index (χ2n) is 5.54. The van der Waals surface area contributed by atoms with Gasteiger partial charge < -0.3 is 15.5 Å². The molecule has 1 atom stereocenters. The number of amides is 2. The van der Waals surface area contributed by atoms with E-state index in [-0.39, 0.29) is 17.9 Å². The van der Waals surface area contributed by atoms with Crippen LogP contribution in [-0.2, 0) is 9.59 Å². The third-order valence-electron chi connectivity index (χ3n) is 4.30. The van der Waals surface area contributed by atoms with Crippen molar-refractivity contribution in [3.8, 4) is 0 Å². The zero-order valence-electron chi connectivity index (χ0n) is 12.5. The van der Waals surface area contributed by atoms with Crippen molar-refractivity contribution in [3.63, 3.8) is 0 Å². The summed E-state index contributed by atoms with van der Waals surface area (Å²) in [6.45, 7) is 8.38. The second kappa shape index (κ2) is 7.04. The van der Waals surface area contributed by atoms with Crippen LogP contribution in [-0.4, -0.2) is 73.0 Å². The predicted octanol–water partition coefficient (Wildman–Crippen LogP) is -0.593. The number of rotatable bonds is 4. The minimum atomic E-state index is -0.383. The van der Waals surface area contributed by atoms with E-state index in [1.54, 1.807) is 4.90 Å². The Morgan fingerprint density at radius 2 is 1.95 bits per heavy atom. The van der Waals surface area contributed by atoms with Crippen molar-refractivity contribution in [1.29, 1.82) is 0 Å². The fourth-order valence-electron chi connectivity index (χ4n) is 3.11. The molecule has 0 aromatic rings. The lowest BCUT2D eigenvalue weighted by Crippen LogP contribution is -2.62. The van der Waals surface area contributed by atoms with E-state index in [9.17, 15) is 9.59 Å². The molecule has 1 unspecified atom stereocenters. The monoisotopic (exact) mass is 282 g/mol. The number of hydrogen-bond donors (Lipinski definition) is 2. The third-order valence-corrected chi connectivity index (χ3v) is 4.30. The maximum Gasteiger partial charge on any atom is 0.246 e. The minimum absolute atomic E-state index is 0.0275. The quantitative estimate of drug-likeness (QED) is 0.723. The Morgan fingerprint density at radius 1 is 1.30 bits per heavy atom. The molecule has 0 aromatic carbocycles. The predicted molar refractivity (Wildman–Crippen MR) is 77.3 cm³/mol. The van der Waals surface area contributed by atoms with Crippen LogP contribution in [0.2, 0.25) is 0 Å². The number of nitrogens with one attached hydrogen (secondary N) is 2. The van der Waals surface area contributed by atoms with Gasteiger partial charge in [0.15, 0.2) is 0 Å². The van der Waals surface area contributed by atoms with Crippen LogP contribution in [0, 0.1) is 0 Å². The zero-order valence-corrected chi connectivity index (χ0v) is 12.5. The zero-order chi connectivity index (χ0) is 14.5. The summed E-state index contributed by atoms with van der Waals surface area (Å²) in [6.07, 6.45) is 2.11. The number of carbonyl (C=O) groups excluding carboxylic acids is 2. The molecule has 2 aliphatic heterocycles. The van der Waals surface area contributed by atoms with Crippen LogP contribution in [0.25, 0.3) is 0 Å². The van der Waals surface area contributed by atoms with E-state index in [0.29, 0.717) is 32.2 Å². The van der Waals surface area contributed by atoms with Gasteiger partial charge in [-0.3, -0.25) is 14.5 Å². The van der Waals surface area contributed by atoms with Crippen LogP contribution in [0.3, 0.4) is 0 Å². The summed E-state index contributed by atoms with van der Waals surface area (Å²) in [5.41, 5.74) is 0. The Morgan fingerprint density at radius 3 is 2.55 bits per heavy atom. The molecule has 6 heteroatoms. The lowest BCUT2D eigenvalue weighted by Gasteiger charge is -2.40. The largest absolute Gasteiger partial charge is 0.342 e. The fourth-order valence-corrected chi connectivity index (χ4v) is 3.11. The molecule has 0 spiro atoms. The molecule has 0 saturated carbocycles. The highest BCUT2D eigenvalue weighted by atomic mass is 16.2. The van der Waals surface area contributed by atoms with Gasteiger partial charge in [0.25, 0.3) is 0 Å². The Kier molecular flexibility index (Phi) is 5.37. The summed E-state index contributed by atoms with van der Waals surface area (Å²) in [6, 6.07) is 0.0420. The van der Waals surface area contributed by atoms with Crippen LogP contribution >= 0.6 is 0 Å². The maximum atomic E-state index is 12.4. The van der Waals surface area contributed by atoms with Crippen molar-refractivity contribution < 1.29 is 9.59 Å². The lowest BCUT2D eigenvalue weighted by atomic mass is 10.0. The highest BCUT2D eigenvalue weighted by Gasteiger charge is 2.34. The van der Waals surface area contributed by atoms with Crippen molar-refractivity contribution in [2.24, 2.45) is 0 Å². The maximum absolute atomic E-state index is 12.4. The summed E-state index contributed by atoms with van der Waals surface area (Å²) in [5.74, 6) is 0.0160. The number of carbonyl (C=O) groups is 2. The summed E-state index contributed by atoms with van der Waals surface area (Å²) in [7, 11) is 0. The molecule has 2 aliphatic rings. The molecule has 114 valence electrons. The minimum Gasteiger partial charge on any atom is -0.342 e. The normalized spacial score (nSPS) is 25.3. The molecule has 0 radical (unpaired) electrons. The van der Waals surface area contributed by atoms with E-state index < -0.39 is 0 Å². The highest BCUT2D eigenvalue weighted by molar-refractivity contribution is 5.89. The Balaban J connectivity index is 2.00. The van der Waals surface area contributed by atoms with Gasteiger partial charge in [-0.15, -0.1) is 0 Å². The standard InChI is InChI=1S/C14H26N4O2/c1-3-17(4-2)14(20)12-9-18(10-13(19)16-12)11-5-7-15-8-6-11/h11-12,15H,3-10H2,1-2H3,(H,16,19). The van der Waals surface area contributed by atoms with E-state index in [1.807, 2.05) is 13.8 Å². The van der Waals surface area contributed by atoms with E-state index in [2.05, 4.69) is 15.5 Å². The lowest BCUT2D eigenvalue weighted by molar-refractivity contribution is -0.140. The van der Waals surface area contributed by atoms with Gasteiger partial charge in [0.2, 0.25) is 11.8 Å².